The second-order valence-corrected chi connectivity index (χ2v) is 8.34. The van der Waals surface area contributed by atoms with Crippen molar-refractivity contribution >= 4 is 23.6 Å². The summed E-state index contributed by atoms with van der Waals surface area (Å²) in [5.41, 5.74) is 1.54. The molecule has 0 saturated carbocycles. The monoisotopic (exact) mass is 443 g/mol. The molecule has 5 rings (SSSR count). The van der Waals surface area contributed by atoms with Gasteiger partial charge in [-0.05, 0) is 46.8 Å². The molecule has 8 nitrogen and oxygen atoms in total. The fraction of sp³-hybridized carbons (Fsp3) is 0.174. The Morgan fingerprint density at radius 2 is 1.56 bits per heavy atom. The third-order valence-corrected chi connectivity index (χ3v) is 6.29. The van der Waals surface area contributed by atoms with Crippen molar-refractivity contribution < 1.29 is 4.79 Å². The van der Waals surface area contributed by atoms with Crippen molar-refractivity contribution in [2.24, 2.45) is 0 Å². The lowest BCUT2D eigenvalue weighted by Gasteiger charge is -2.35. The van der Waals surface area contributed by atoms with Gasteiger partial charge in [0.15, 0.2) is 0 Å². The molecule has 0 unspecified atom stereocenters. The smallest absolute Gasteiger partial charge is 0.256 e. The summed E-state index contributed by atoms with van der Waals surface area (Å²) in [5.74, 6) is 0.684. The average Bonchev–Trinajstić information content (AvgIpc) is 3.35. The van der Waals surface area contributed by atoms with Crippen LogP contribution < -0.4 is 4.90 Å². The van der Waals surface area contributed by atoms with E-state index in [4.69, 9.17) is 0 Å². The van der Waals surface area contributed by atoms with Gasteiger partial charge in [-0.1, -0.05) is 53.3 Å². The first-order valence-corrected chi connectivity index (χ1v) is 11.2. The molecule has 1 aliphatic rings. The molecular formula is C23H21N7OS. The van der Waals surface area contributed by atoms with E-state index in [0.717, 1.165) is 15.6 Å². The number of hydrogen-bond acceptors (Lipinski definition) is 7. The number of nitrogens with zero attached hydrogens (tertiary/aromatic N) is 7. The van der Waals surface area contributed by atoms with E-state index < -0.39 is 0 Å². The van der Waals surface area contributed by atoms with Crippen molar-refractivity contribution in [2.45, 2.75) is 9.92 Å². The molecule has 0 atom stereocenters. The van der Waals surface area contributed by atoms with Gasteiger partial charge in [0.05, 0.1) is 11.3 Å². The molecule has 1 amide bonds. The average molecular weight is 444 g/mol. The molecule has 1 aliphatic heterocycles. The summed E-state index contributed by atoms with van der Waals surface area (Å²) < 4.78 is 1.73. The first kappa shape index (κ1) is 20.2. The molecule has 160 valence electrons. The van der Waals surface area contributed by atoms with Gasteiger partial charge in [-0.2, -0.15) is 4.68 Å². The van der Waals surface area contributed by atoms with Crippen LogP contribution in [0.4, 0.5) is 5.95 Å². The number of piperazine rings is 1. The van der Waals surface area contributed by atoms with Gasteiger partial charge in [0.1, 0.15) is 5.03 Å². The maximum absolute atomic E-state index is 13.3. The number of carbonyl (C=O) groups excluding carboxylic acids is 1. The highest BCUT2D eigenvalue weighted by Gasteiger charge is 2.27. The van der Waals surface area contributed by atoms with Crippen molar-refractivity contribution in [3.8, 4) is 5.69 Å². The summed E-state index contributed by atoms with van der Waals surface area (Å²) in [6.07, 6.45) is 1.73. The number of aromatic nitrogens is 5. The first-order valence-electron chi connectivity index (χ1n) is 10.4. The molecule has 0 aliphatic carbocycles. The standard InChI is InChI=1S/C23H21N7OS/c31-22(20-12-7-13-24-21(20)32-19-10-5-2-6-11-19)28-14-16-29(17-15-28)23-25-26-27-30(23)18-8-3-1-4-9-18/h1-13H,14-17H2. The molecule has 2 aromatic carbocycles. The Morgan fingerprint density at radius 1 is 0.844 bits per heavy atom. The maximum Gasteiger partial charge on any atom is 0.256 e. The molecule has 1 saturated heterocycles. The molecule has 9 heteroatoms. The highest BCUT2D eigenvalue weighted by Crippen LogP contribution is 2.29. The molecule has 2 aromatic heterocycles. The predicted molar refractivity (Wildman–Crippen MR) is 122 cm³/mol. The second kappa shape index (κ2) is 9.19. The van der Waals surface area contributed by atoms with Crippen LogP contribution in [0.5, 0.6) is 0 Å². The van der Waals surface area contributed by atoms with E-state index in [-0.39, 0.29) is 5.91 Å². The van der Waals surface area contributed by atoms with Gasteiger partial charge in [-0.15, -0.1) is 0 Å². The largest absolute Gasteiger partial charge is 0.336 e. The van der Waals surface area contributed by atoms with Crippen LogP contribution in [-0.4, -0.2) is 62.2 Å². The highest BCUT2D eigenvalue weighted by atomic mass is 32.2. The van der Waals surface area contributed by atoms with Gasteiger partial charge in [-0.25, -0.2) is 4.98 Å². The molecule has 0 bridgehead atoms. The summed E-state index contributed by atoms with van der Waals surface area (Å²) >= 11 is 1.51. The molecule has 3 heterocycles. The Morgan fingerprint density at radius 3 is 2.31 bits per heavy atom. The number of pyridine rings is 1. The molecule has 0 spiro atoms. The van der Waals surface area contributed by atoms with E-state index in [9.17, 15) is 4.79 Å². The third kappa shape index (κ3) is 4.19. The van der Waals surface area contributed by atoms with E-state index in [1.54, 1.807) is 10.9 Å². The minimum atomic E-state index is -0.00108. The number of hydrogen-bond donors (Lipinski definition) is 0. The van der Waals surface area contributed by atoms with Crippen LogP contribution in [0.25, 0.3) is 5.69 Å². The van der Waals surface area contributed by atoms with E-state index in [1.165, 1.54) is 11.8 Å². The zero-order valence-corrected chi connectivity index (χ0v) is 18.1. The van der Waals surface area contributed by atoms with Gasteiger partial charge in [0.25, 0.3) is 5.91 Å². The third-order valence-electron chi connectivity index (χ3n) is 5.26. The lowest BCUT2D eigenvalue weighted by molar-refractivity contribution is 0.0742. The van der Waals surface area contributed by atoms with Crippen LogP contribution in [-0.2, 0) is 0 Å². The SMILES string of the molecule is O=C(c1cccnc1Sc1ccccc1)N1CCN(c2nnnn2-c2ccccc2)CC1. The van der Waals surface area contributed by atoms with E-state index >= 15 is 0 Å². The van der Waals surface area contributed by atoms with E-state index in [0.29, 0.717) is 37.7 Å². The van der Waals surface area contributed by atoms with Crippen LogP contribution >= 0.6 is 11.8 Å². The summed E-state index contributed by atoms with van der Waals surface area (Å²) in [6, 6.07) is 23.4. The van der Waals surface area contributed by atoms with Gasteiger partial charge < -0.3 is 9.80 Å². The number of para-hydroxylation sites is 1. The fourth-order valence-electron chi connectivity index (χ4n) is 3.63. The summed E-state index contributed by atoms with van der Waals surface area (Å²) in [6.45, 7) is 2.48. The molecule has 32 heavy (non-hydrogen) atoms. The van der Waals surface area contributed by atoms with Crippen molar-refractivity contribution in [3.05, 3.63) is 84.6 Å². The summed E-state index contributed by atoms with van der Waals surface area (Å²) in [5, 5.41) is 12.9. The van der Waals surface area contributed by atoms with Crippen LogP contribution in [0, 0.1) is 0 Å². The van der Waals surface area contributed by atoms with Crippen molar-refractivity contribution in [2.75, 3.05) is 31.1 Å². The Bertz CT molecular complexity index is 1190. The van der Waals surface area contributed by atoms with Gasteiger partial charge >= 0.3 is 0 Å². The topological polar surface area (TPSA) is 80.0 Å². The van der Waals surface area contributed by atoms with Crippen LogP contribution in [0.3, 0.4) is 0 Å². The quantitative estimate of drug-likeness (QED) is 0.469. The van der Waals surface area contributed by atoms with E-state index in [2.05, 4.69) is 25.4 Å². The summed E-state index contributed by atoms with van der Waals surface area (Å²) in [7, 11) is 0. The number of amides is 1. The molecule has 4 aromatic rings. The van der Waals surface area contributed by atoms with Gasteiger partial charge in [0.2, 0.25) is 5.95 Å². The van der Waals surface area contributed by atoms with Crippen molar-refractivity contribution in [1.82, 2.24) is 30.1 Å². The molecule has 1 fully saturated rings. The second-order valence-electron chi connectivity index (χ2n) is 7.28. The van der Waals surface area contributed by atoms with Crippen molar-refractivity contribution in [1.29, 1.82) is 0 Å². The lowest BCUT2D eigenvalue weighted by Crippen LogP contribution is -2.49. The number of rotatable bonds is 5. The van der Waals surface area contributed by atoms with Crippen LogP contribution in [0.1, 0.15) is 10.4 Å². The Labute approximate surface area is 189 Å². The fourth-order valence-corrected chi connectivity index (χ4v) is 4.53. The summed E-state index contributed by atoms with van der Waals surface area (Å²) in [4.78, 5) is 22.8. The minimum Gasteiger partial charge on any atom is -0.336 e. The Kier molecular flexibility index (Phi) is 5.80. The minimum absolute atomic E-state index is 0.00108. The van der Waals surface area contributed by atoms with Crippen LogP contribution in [0.15, 0.2) is 88.9 Å². The number of tetrazole rings is 1. The van der Waals surface area contributed by atoms with Gasteiger partial charge in [-0.3, -0.25) is 4.79 Å². The zero-order chi connectivity index (χ0) is 21.8. The van der Waals surface area contributed by atoms with Crippen molar-refractivity contribution in [3.63, 3.8) is 0 Å². The lowest BCUT2D eigenvalue weighted by atomic mass is 10.2. The normalized spacial score (nSPS) is 13.9. The first-order chi connectivity index (χ1) is 15.8. The predicted octanol–water partition coefficient (Wildman–Crippen LogP) is 3.17. The molecule has 0 N–H and O–H groups in total. The highest BCUT2D eigenvalue weighted by molar-refractivity contribution is 7.99. The van der Waals surface area contributed by atoms with E-state index in [1.807, 2.05) is 77.7 Å². The van der Waals surface area contributed by atoms with Gasteiger partial charge in [0, 0.05) is 37.3 Å². The Balaban J connectivity index is 1.29. The maximum atomic E-state index is 13.3. The molecular weight excluding hydrogens is 422 g/mol. The number of anilines is 1. The molecule has 0 radical (unpaired) electrons. The Hall–Kier alpha value is -3.72. The zero-order valence-electron chi connectivity index (χ0n) is 17.3. The van der Waals surface area contributed by atoms with Crippen LogP contribution in [0.2, 0.25) is 0 Å². The number of benzene rings is 2. The number of carbonyl (C=O) groups is 1.